The van der Waals surface area contributed by atoms with Gasteiger partial charge in [-0.2, -0.15) is 0 Å². The molecule has 1 spiro atoms. The van der Waals surface area contributed by atoms with E-state index in [-0.39, 0.29) is 12.0 Å². The number of nitrogens with zero attached hydrogens (tertiary/aromatic N) is 1. The van der Waals surface area contributed by atoms with E-state index in [1.807, 2.05) is 24.3 Å². The van der Waals surface area contributed by atoms with Crippen LogP contribution in [0.2, 0.25) is 0 Å². The van der Waals surface area contributed by atoms with Crippen molar-refractivity contribution in [2.45, 2.75) is 38.2 Å². The molecule has 1 atom stereocenters. The first-order valence-electron chi connectivity index (χ1n) is 9.50. The maximum Gasteiger partial charge on any atom is 0.226 e. The molecular formula is C20H28N2O3. The van der Waals surface area contributed by atoms with Crippen molar-refractivity contribution < 1.29 is 14.3 Å². The lowest BCUT2D eigenvalue weighted by molar-refractivity contribution is -0.135. The molecule has 3 aliphatic rings. The molecule has 1 unspecified atom stereocenters. The summed E-state index contributed by atoms with van der Waals surface area (Å²) in [4.78, 5) is 14.9. The molecule has 1 aromatic rings. The summed E-state index contributed by atoms with van der Waals surface area (Å²) in [7, 11) is 1.66. The minimum Gasteiger partial charge on any atom is -0.497 e. The number of piperidine rings is 2. The summed E-state index contributed by atoms with van der Waals surface area (Å²) in [6, 6.07) is 7.72. The highest BCUT2D eigenvalue weighted by molar-refractivity contribution is 5.82. The molecule has 2 heterocycles. The van der Waals surface area contributed by atoms with E-state index in [0.717, 1.165) is 56.9 Å². The van der Waals surface area contributed by atoms with E-state index in [1.54, 1.807) is 7.11 Å². The summed E-state index contributed by atoms with van der Waals surface area (Å²) in [5.41, 5.74) is 0.332. The number of rotatable bonds is 4. The molecule has 136 valence electrons. The Balaban J connectivity index is 1.26. The third kappa shape index (κ3) is 3.47. The zero-order valence-electron chi connectivity index (χ0n) is 15.0. The summed E-state index contributed by atoms with van der Waals surface area (Å²) in [5.74, 6) is 2.39. The number of nitrogens with one attached hydrogen (secondary N) is 1. The van der Waals surface area contributed by atoms with Crippen molar-refractivity contribution in [2.75, 3.05) is 33.3 Å². The SMILES string of the molecule is COc1ccc(OC2CCN(C(=O)C3CC34CCNCC4)CC2)cc1. The normalized spacial score (nSPS) is 25.6. The summed E-state index contributed by atoms with van der Waals surface area (Å²) >= 11 is 0. The van der Waals surface area contributed by atoms with Crippen LogP contribution >= 0.6 is 0 Å². The predicted molar refractivity (Wildman–Crippen MR) is 95.9 cm³/mol. The van der Waals surface area contributed by atoms with E-state index in [9.17, 15) is 4.79 Å². The van der Waals surface area contributed by atoms with Gasteiger partial charge >= 0.3 is 0 Å². The second-order valence-corrected chi connectivity index (χ2v) is 7.69. The minimum absolute atomic E-state index is 0.199. The standard InChI is InChI=1S/C20H28N2O3/c1-24-15-2-4-16(5-3-15)25-17-6-12-22(13-7-17)19(23)18-14-20(18)8-10-21-11-9-20/h2-5,17-18,21H,6-14H2,1H3. The molecule has 1 aliphatic carbocycles. The van der Waals surface area contributed by atoms with Crippen LogP contribution in [0.4, 0.5) is 0 Å². The van der Waals surface area contributed by atoms with Crippen molar-refractivity contribution in [1.82, 2.24) is 10.2 Å². The van der Waals surface area contributed by atoms with Gasteiger partial charge in [-0.15, -0.1) is 0 Å². The largest absolute Gasteiger partial charge is 0.497 e. The number of amides is 1. The molecule has 0 aromatic heterocycles. The Bertz CT molecular complexity index is 602. The highest BCUT2D eigenvalue weighted by Gasteiger charge is 2.58. The first-order valence-corrected chi connectivity index (χ1v) is 9.50. The zero-order chi connectivity index (χ0) is 17.3. The third-order valence-corrected chi connectivity index (χ3v) is 6.20. The molecule has 1 aromatic carbocycles. The van der Waals surface area contributed by atoms with Crippen molar-refractivity contribution in [3.05, 3.63) is 24.3 Å². The Morgan fingerprint density at radius 2 is 1.76 bits per heavy atom. The van der Waals surface area contributed by atoms with Gasteiger partial charge in [-0.25, -0.2) is 0 Å². The molecule has 2 aliphatic heterocycles. The van der Waals surface area contributed by atoms with Crippen molar-refractivity contribution in [3.63, 3.8) is 0 Å². The predicted octanol–water partition coefficient (Wildman–Crippen LogP) is 2.45. The lowest BCUT2D eigenvalue weighted by atomic mass is 9.91. The van der Waals surface area contributed by atoms with Gasteiger partial charge in [-0.1, -0.05) is 0 Å². The fourth-order valence-electron chi connectivity index (χ4n) is 4.44. The van der Waals surface area contributed by atoms with Crippen molar-refractivity contribution in [3.8, 4) is 11.5 Å². The van der Waals surface area contributed by atoms with Gasteiger partial charge in [0, 0.05) is 31.8 Å². The van der Waals surface area contributed by atoms with Gasteiger partial charge in [0.05, 0.1) is 7.11 Å². The number of benzene rings is 1. The first kappa shape index (κ1) is 16.7. The van der Waals surface area contributed by atoms with E-state index >= 15 is 0 Å². The summed E-state index contributed by atoms with van der Waals surface area (Å²) < 4.78 is 11.2. The number of ether oxygens (including phenoxy) is 2. The molecule has 3 fully saturated rings. The second-order valence-electron chi connectivity index (χ2n) is 7.69. The van der Waals surface area contributed by atoms with Crippen LogP contribution in [-0.2, 0) is 4.79 Å². The van der Waals surface area contributed by atoms with Gasteiger partial charge < -0.3 is 19.7 Å². The molecule has 1 amide bonds. The minimum atomic E-state index is 0.199. The van der Waals surface area contributed by atoms with Gasteiger partial charge in [-0.05, 0) is 62.0 Å². The lowest BCUT2D eigenvalue weighted by Crippen LogP contribution is -2.43. The van der Waals surface area contributed by atoms with Crippen LogP contribution in [0.25, 0.3) is 0 Å². The van der Waals surface area contributed by atoms with E-state index < -0.39 is 0 Å². The summed E-state index contributed by atoms with van der Waals surface area (Å²) in [6.45, 7) is 3.79. The van der Waals surface area contributed by atoms with Crippen molar-refractivity contribution >= 4 is 5.91 Å². The maximum absolute atomic E-state index is 12.8. The van der Waals surface area contributed by atoms with Crippen molar-refractivity contribution in [2.24, 2.45) is 11.3 Å². The number of likely N-dealkylation sites (tertiary alicyclic amines) is 1. The Morgan fingerprint density at radius 3 is 2.40 bits per heavy atom. The van der Waals surface area contributed by atoms with E-state index in [4.69, 9.17) is 9.47 Å². The van der Waals surface area contributed by atoms with Crippen LogP contribution in [0, 0.1) is 11.3 Å². The van der Waals surface area contributed by atoms with Crippen LogP contribution in [0.3, 0.4) is 0 Å². The topological polar surface area (TPSA) is 50.8 Å². The number of methoxy groups -OCH3 is 1. The molecule has 1 N–H and O–H groups in total. The van der Waals surface area contributed by atoms with Crippen LogP contribution in [0.1, 0.15) is 32.1 Å². The monoisotopic (exact) mass is 344 g/mol. The molecule has 5 nitrogen and oxygen atoms in total. The zero-order valence-corrected chi connectivity index (χ0v) is 15.0. The van der Waals surface area contributed by atoms with Gasteiger partial charge in [0.2, 0.25) is 5.91 Å². The summed E-state index contributed by atoms with van der Waals surface area (Å²) in [5, 5.41) is 3.41. The number of hydrogen-bond acceptors (Lipinski definition) is 4. The van der Waals surface area contributed by atoms with Crippen LogP contribution < -0.4 is 14.8 Å². The molecule has 5 heteroatoms. The van der Waals surface area contributed by atoms with Crippen LogP contribution in [0.5, 0.6) is 11.5 Å². The molecular weight excluding hydrogens is 316 g/mol. The fourth-order valence-corrected chi connectivity index (χ4v) is 4.44. The van der Waals surface area contributed by atoms with E-state index in [2.05, 4.69) is 10.2 Å². The average molecular weight is 344 g/mol. The Hall–Kier alpha value is -1.75. The smallest absolute Gasteiger partial charge is 0.226 e. The highest BCUT2D eigenvalue weighted by Crippen LogP contribution is 2.59. The second kappa shape index (κ2) is 6.87. The Morgan fingerprint density at radius 1 is 1.12 bits per heavy atom. The molecule has 0 radical (unpaired) electrons. The quantitative estimate of drug-likeness (QED) is 0.912. The summed E-state index contributed by atoms with van der Waals surface area (Å²) in [6.07, 6.45) is 5.47. The molecule has 2 saturated heterocycles. The van der Waals surface area contributed by atoms with Crippen molar-refractivity contribution in [1.29, 1.82) is 0 Å². The molecule has 25 heavy (non-hydrogen) atoms. The Labute approximate surface area is 149 Å². The van der Waals surface area contributed by atoms with E-state index in [1.165, 1.54) is 12.8 Å². The fraction of sp³-hybridized carbons (Fsp3) is 0.650. The third-order valence-electron chi connectivity index (χ3n) is 6.20. The van der Waals surface area contributed by atoms with Gasteiger partial charge in [0.15, 0.2) is 0 Å². The number of carbonyl (C=O) groups is 1. The first-order chi connectivity index (χ1) is 12.2. The average Bonchev–Trinajstić information content (AvgIpc) is 3.35. The van der Waals surface area contributed by atoms with Gasteiger partial charge in [0.1, 0.15) is 17.6 Å². The van der Waals surface area contributed by atoms with Crippen LogP contribution in [-0.4, -0.2) is 50.2 Å². The highest BCUT2D eigenvalue weighted by atomic mass is 16.5. The Kier molecular flexibility index (Phi) is 4.59. The van der Waals surface area contributed by atoms with Gasteiger partial charge in [0.25, 0.3) is 0 Å². The molecule has 0 bridgehead atoms. The molecule has 4 rings (SSSR count). The van der Waals surface area contributed by atoms with Crippen LogP contribution in [0.15, 0.2) is 24.3 Å². The number of carbonyl (C=O) groups excluding carboxylic acids is 1. The molecule has 1 saturated carbocycles. The maximum atomic E-state index is 12.8. The number of hydrogen-bond donors (Lipinski definition) is 1. The van der Waals surface area contributed by atoms with Gasteiger partial charge in [-0.3, -0.25) is 4.79 Å². The lowest BCUT2D eigenvalue weighted by Gasteiger charge is -2.33. The van der Waals surface area contributed by atoms with E-state index in [0.29, 0.717) is 11.3 Å².